The normalized spacial score (nSPS) is 12.4. The maximum Gasteiger partial charge on any atom is 0.128 e. The van der Waals surface area contributed by atoms with Crippen molar-refractivity contribution in [1.82, 2.24) is 5.43 Å². The molecule has 0 fully saturated rings. The maximum atomic E-state index is 13.8. The molecule has 0 aliphatic heterocycles. The van der Waals surface area contributed by atoms with E-state index in [0.717, 1.165) is 9.37 Å². The van der Waals surface area contributed by atoms with Crippen LogP contribution in [0, 0.1) is 11.6 Å². The molecule has 2 aromatic carbocycles. The lowest BCUT2D eigenvalue weighted by Gasteiger charge is -2.17. The number of benzene rings is 2. The zero-order valence-corrected chi connectivity index (χ0v) is 12.8. The molecular formula is C14H13BrF2N2S. The lowest BCUT2D eigenvalue weighted by atomic mass is 10.1. The van der Waals surface area contributed by atoms with Crippen LogP contribution in [0.3, 0.4) is 0 Å². The van der Waals surface area contributed by atoms with E-state index in [0.29, 0.717) is 11.3 Å². The van der Waals surface area contributed by atoms with Crippen molar-refractivity contribution in [3.63, 3.8) is 0 Å². The Morgan fingerprint density at radius 2 is 1.85 bits per heavy atom. The molecular weight excluding hydrogens is 346 g/mol. The summed E-state index contributed by atoms with van der Waals surface area (Å²) in [4.78, 5) is 0.905. The number of hydrazine groups is 1. The molecule has 2 aromatic rings. The summed E-state index contributed by atoms with van der Waals surface area (Å²) >= 11 is 4.79. The van der Waals surface area contributed by atoms with Crippen LogP contribution in [0.4, 0.5) is 8.78 Å². The van der Waals surface area contributed by atoms with Gasteiger partial charge in [0.25, 0.3) is 0 Å². The highest BCUT2D eigenvalue weighted by Gasteiger charge is 2.15. The van der Waals surface area contributed by atoms with Gasteiger partial charge in [-0.05, 0) is 42.5 Å². The van der Waals surface area contributed by atoms with Gasteiger partial charge in [0, 0.05) is 20.7 Å². The number of nitrogens with one attached hydrogen (secondary N) is 1. The van der Waals surface area contributed by atoms with Crippen LogP contribution in [0.25, 0.3) is 0 Å². The van der Waals surface area contributed by atoms with Gasteiger partial charge < -0.3 is 0 Å². The fourth-order valence-electron chi connectivity index (χ4n) is 1.72. The first-order chi connectivity index (χ1) is 9.60. The van der Waals surface area contributed by atoms with Gasteiger partial charge in [0.2, 0.25) is 0 Å². The van der Waals surface area contributed by atoms with E-state index in [1.807, 2.05) is 0 Å². The highest BCUT2D eigenvalue weighted by atomic mass is 79.9. The number of nitrogens with two attached hydrogens (primary N) is 1. The van der Waals surface area contributed by atoms with Crippen molar-refractivity contribution in [3.05, 3.63) is 64.1 Å². The van der Waals surface area contributed by atoms with E-state index in [9.17, 15) is 8.78 Å². The molecule has 0 aliphatic rings. The van der Waals surface area contributed by atoms with E-state index in [-0.39, 0.29) is 17.7 Å². The molecule has 2 rings (SSSR count). The van der Waals surface area contributed by atoms with E-state index in [1.165, 1.54) is 30.0 Å². The minimum Gasteiger partial charge on any atom is -0.271 e. The monoisotopic (exact) mass is 358 g/mol. The standard InChI is InChI=1S/C14H13BrF2N2S/c15-9-1-6-13(17)12(7-9)14(19-18)8-20-11-4-2-10(16)3-5-11/h1-7,14,19H,8,18H2. The van der Waals surface area contributed by atoms with Crippen molar-refractivity contribution in [2.45, 2.75) is 10.9 Å². The van der Waals surface area contributed by atoms with E-state index >= 15 is 0 Å². The van der Waals surface area contributed by atoms with Gasteiger partial charge in [-0.2, -0.15) is 0 Å². The molecule has 0 heterocycles. The van der Waals surface area contributed by atoms with Crippen LogP contribution in [0.5, 0.6) is 0 Å². The molecule has 2 nitrogen and oxygen atoms in total. The zero-order chi connectivity index (χ0) is 14.5. The molecule has 3 N–H and O–H groups in total. The first-order valence-electron chi connectivity index (χ1n) is 5.89. The number of rotatable bonds is 5. The summed E-state index contributed by atoms with van der Waals surface area (Å²) < 4.78 is 27.4. The predicted molar refractivity (Wildman–Crippen MR) is 81.3 cm³/mol. The molecule has 106 valence electrons. The summed E-state index contributed by atoms with van der Waals surface area (Å²) in [6.07, 6.45) is 0. The molecule has 0 saturated carbocycles. The Balaban J connectivity index is 2.09. The zero-order valence-electron chi connectivity index (χ0n) is 10.4. The fraction of sp³-hybridized carbons (Fsp3) is 0.143. The van der Waals surface area contributed by atoms with E-state index in [2.05, 4.69) is 21.4 Å². The van der Waals surface area contributed by atoms with Gasteiger partial charge >= 0.3 is 0 Å². The Morgan fingerprint density at radius 1 is 1.15 bits per heavy atom. The first-order valence-corrected chi connectivity index (χ1v) is 7.67. The first kappa shape index (κ1) is 15.4. The largest absolute Gasteiger partial charge is 0.271 e. The number of halogens is 3. The lowest BCUT2D eigenvalue weighted by molar-refractivity contribution is 0.546. The van der Waals surface area contributed by atoms with Gasteiger partial charge in [-0.3, -0.25) is 11.3 Å². The third-order valence-electron chi connectivity index (χ3n) is 2.76. The Bertz CT molecular complexity index is 578. The van der Waals surface area contributed by atoms with Crippen LogP contribution >= 0.6 is 27.7 Å². The minimum absolute atomic E-state index is 0.277. The number of thioether (sulfide) groups is 1. The van der Waals surface area contributed by atoms with Crippen LogP contribution < -0.4 is 11.3 Å². The van der Waals surface area contributed by atoms with Gasteiger partial charge in [-0.1, -0.05) is 15.9 Å². The second-order valence-corrected chi connectivity index (χ2v) is 6.16. The summed E-state index contributed by atoms with van der Waals surface area (Å²) in [6, 6.07) is 10.6. The summed E-state index contributed by atoms with van der Waals surface area (Å²) in [5, 5.41) is 0. The van der Waals surface area contributed by atoms with Crippen molar-refractivity contribution >= 4 is 27.7 Å². The lowest BCUT2D eigenvalue weighted by Crippen LogP contribution is -2.30. The van der Waals surface area contributed by atoms with Crippen LogP contribution in [-0.4, -0.2) is 5.75 Å². The Hall–Kier alpha value is -0.950. The summed E-state index contributed by atoms with van der Waals surface area (Å²) in [7, 11) is 0. The molecule has 6 heteroatoms. The summed E-state index contributed by atoms with van der Waals surface area (Å²) in [5.74, 6) is 5.46. The van der Waals surface area contributed by atoms with Crippen molar-refractivity contribution in [1.29, 1.82) is 0 Å². The van der Waals surface area contributed by atoms with Gasteiger partial charge in [0.05, 0.1) is 6.04 Å². The van der Waals surface area contributed by atoms with Crippen molar-refractivity contribution < 1.29 is 8.78 Å². The Labute approximate surface area is 128 Å². The average Bonchev–Trinajstić information content (AvgIpc) is 2.45. The van der Waals surface area contributed by atoms with Gasteiger partial charge in [0.15, 0.2) is 0 Å². The van der Waals surface area contributed by atoms with Crippen LogP contribution in [0.15, 0.2) is 51.8 Å². The smallest absolute Gasteiger partial charge is 0.128 e. The SMILES string of the molecule is NNC(CSc1ccc(F)cc1)c1cc(Br)ccc1F. The van der Waals surface area contributed by atoms with E-state index in [1.54, 1.807) is 24.3 Å². The highest BCUT2D eigenvalue weighted by molar-refractivity contribution is 9.10. The third-order valence-corrected chi connectivity index (χ3v) is 4.36. The predicted octanol–water partition coefficient (Wildman–Crippen LogP) is 4.02. The van der Waals surface area contributed by atoms with Gasteiger partial charge in [0.1, 0.15) is 11.6 Å². The van der Waals surface area contributed by atoms with Gasteiger partial charge in [-0.15, -0.1) is 11.8 Å². The van der Waals surface area contributed by atoms with Crippen LogP contribution in [-0.2, 0) is 0 Å². The van der Waals surface area contributed by atoms with Crippen LogP contribution in [0.2, 0.25) is 0 Å². The molecule has 0 amide bonds. The molecule has 0 aromatic heterocycles. The number of hydrogen-bond acceptors (Lipinski definition) is 3. The van der Waals surface area contributed by atoms with Gasteiger partial charge in [-0.25, -0.2) is 8.78 Å². The topological polar surface area (TPSA) is 38.0 Å². The second kappa shape index (κ2) is 7.17. The van der Waals surface area contributed by atoms with Crippen molar-refractivity contribution in [2.75, 3.05) is 5.75 Å². The number of hydrogen-bond donors (Lipinski definition) is 2. The third kappa shape index (κ3) is 4.02. The fourth-order valence-corrected chi connectivity index (χ4v) is 3.06. The average molecular weight is 359 g/mol. The highest BCUT2D eigenvalue weighted by Crippen LogP contribution is 2.27. The molecule has 0 bridgehead atoms. The summed E-state index contributed by atoms with van der Waals surface area (Å²) in [5.41, 5.74) is 3.11. The molecule has 20 heavy (non-hydrogen) atoms. The maximum absolute atomic E-state index is 13.8. The Kier molecular flexibility index (Phi) is 5.54. The molecule has 0 radical (unpaired) electrons. The molecule has 1 atom stereocenters. The Morgan fingerprint density at radius 3 is 2.50 bits per heavy atom. The van der Waals surface area contributed by atoms with E-state index in [4.69, 9.17) is 5.84 Å². The molecule has 1 unspecified atom stereocenters. The van der Waals surface area contributed by atoms with Crippen LogP contribution in [0.1, 0.15) is 11.6 Å². The van der Waals surface area contributed by atoms with Crippen molar-refractivity contribution in [2.24, 2.45) is 5.84 Å². The molecule has 0 spiro atoms. The van der Waals surface area contributed by atoms with Crippen molar-refractivity contribution in [3.8, 4) is 0 Å². The second-order valence-electron chi connectivity index (χ2n) is 4.15. The summed E-state index contributed by atoms with van der Waals surface area (Å²) in [6.45, 7) is 0. The quantitative estimate of drug-likeness (QED) is 0.481. The molecule has 0 saturated heterocycles. The minimum atomic E-state index is -0.331. The molecule has 0 aliphatic carbocycles. The van der Waals surface area contributed by atoms with E-state index < -0.39 is 0 Å².